The third-order valence-corrected chi connectivity index (χ3v) is 2.92. The Bertz CT molecular complexity index is 536. The Morgan fingerprint density at radius 3 is 2.56 bits per heavy atom. The van der Waals surface area contributed by atoms with E-state index in [4.69, 9.17) is 10.2 Å². The van der Waals surface area contributed by atoms with Gasteiger partial charge in [0.1, 0.15) is 0 Å². The van der Waals surface area contributed by atoms with Crippen LogP contribution in [0.1, 0.15) is 11.1 Å². The molecule has 1 amide bonds. The average molecular weight is 247 g/mol. The van der Waals surface area contributed by atoms with Crippen LogP contribution in [0.25, 0.3) is 5.57 Å². The molecule has 1 aromatic carbocycles. The van der Waals surface area contributed by atoms with Crippen molar-refractivity contribution < 1.29 is 19.8 Å². The van der Waals surface area contributed by atoms with Crippen molar-refractivity contribution in [3.8, 4) is 0 Å². The summed E-state index contributed by atoms with van der Waals surface area (Å²) < 4.78 is 0. The molecule has 1 atom stereocenters. The van der Waals surface area contributed by atoms with E-state index in [0.717, 1.165) is 21.6 Å². The first kappa shape index (κ1) is 12.2. The number of nitrogens with zero attached hydrogens (tertiary/aromatic N) is 1. The molecule has 94 valence electrons. The van der Waals surface area contributed by atoms with Crippen molar-refractivity contribution in [2.45, 2.75) is 13.0 Å². The van der Waals surface area contributed by atoms with Gasteiger partial charge in [-0.15, -0.1) is 0 Å². The summed E-state index contributed by atoms with van der Waals surface area (Å²) >= 11 is 0. The summed E-state index contributed by atoms with van der Waals surface area (Å²) in [5, 5.41) is 18.0. The molecule has 0 fully saturated rings. The molecule has 2 N–H and O–H groups in total. The molecule has 1 aliphatic rings. The number of carboxylic acid groups (broad SMARTS) is 2. The highest BCUT2D eigenvalue weighted by Gasteiger charge is 2.34. The summed E-state index contributed by atoms with van der Waals surface area (Å²) in [4.78, 5) is 22.9. The van der Waals surface area contributed by atoms with Crippen molar-refractivity contribution in [2.24, 2.45) is 0 Å². The van der Waals surface area contributed by atoms with E-state index in [9.17, 15) is 9.59 Å². The van der Waals surface area contributed by atoms with E-state index in [2.05, 4.69) is 0 Å². The molecule has 0 saturated carbocycles. The van der Waals surface area contributed by atoms with Crippen molar-refractivity contribution in [2.75, 3.05) is 6.54 Å². The molecule has 2 rings (SSSR count). The quantitative estimate of drug-likeness (QED) is 0.835. The van der Waals surface area contributed by atoms with Gasteiger partial charge in [0.25, 0.3) is 0 Å². The predicted molar refractivity (Wildman–Crippen MR) is 65.3 cm³/mol. The number of aliphatic carboxylic acids is 1. The van der Waals surface area contributed by atoms with Gasteiger partial charge in [-0.25, -0.2) is 9.59 Å². The number of benzene rings is 1. The number of carbonyl (C=O) groups is 2. The minimum atomic E-state index is -1.22. The van der Waals surface area contributed by atoms with Crippen LogP contribution in [0.2, 0.25) is 0 Å². The zero-order valence-electron chi connectivity index (χ0n) is 9.83. The van der Waals surface area contributed by atoms with E-state index < -0.39 is 18.1 Å². The predicted octanol–water partition coefficient (Wildman–Crippen LogP) is 1.83. The molecule has 18 heavy (non-hydrogen) atoms. The van der Waals surface area contributed by atoms with Crippen LogP contribution in [0.3, 0.4) is 0 Å². The van der Waals surface area contributed by atoms with Gasteiger partial charge in [0.2, 0.25) is 0 Å². The fourth-order valence-electron chi connectivity index (χ4n) is 2.04. The van der Waals surface area contributed by atoms with Crippen molar-refractivity contribution in [3.05, 3.63) is 41.5 Å². The van der Waals surface area contributed by atoms with E-state index in [1.54, 1.807) is 0 Å². The Morgan fingerprint density at radius 1 is 1.33 bits per heavy atom. The summed E-state index contributed by atoms with van der Waals surface area (Å²) in [5.74, 6) is -1.15. The van der Waals surface area contributed by atoms with Crippen molar-refractivity contribution in [3.63, 3.8) is 0 Å². The second-order valence-electron chi connectivity index (χ2n) is 4.25. The second-order valence-corrected chi connectivity index (χ2v) is 4.25. The molecule has 1 unspecified atom stereocenters. The highest BCUT2D eigenvalue weighted by molar-refractivity contribution is 5.88. The van der Waals surface area contributed by atoms with Crippen molar-refractivity contribution in [1.29, 1.82) is 0 Å². The van der Waals surface area contributed by atoms with Gasteiger partial charge in [0.05, 0.1) is 6.54 Å². The number of amides is 1. The van der Waals surface area contributed by atoms with Crippen LogP contribution in [0, 0.1) is 6.92 Å². The van der Waals surface area contributed by atoms with Crippen molar-refractivity contribution >= 4 is 17.6 Å². The number of carboxylic acids is 1. The molecule has 0 spiro atoms. The van der Waals surface area contributed by atoms with Crippen LogP contribution in [0.15, 0.2) is 30.3 Å². The lowest BCUT2D eigenvalue weighted by Gasteiger charge is -2.17. The highest BCUT2D eigenvalue weighted by Crippen LogP contribution is 2.25. The Labute approximate surface area is 104 Å². The third kappa shape index (κ3) is 2.20. The van der Waals surface area contributed by atoms with Crippen molar-refractivity contribution in [1.82, 2.24) is 4.90 Å². The zero-order chi connectivity index (χ0) is 13.3. The fourth-order valence-corrected chi connectivity index (χ4v) is 2.04. The van der Waals surface area contributed by atoms with Crippen LogP contribution < -0.4 is 0 Å². The lowest BCUT2D eigenvalue weighted by molar-refractivity contribution is -0.140. The molecule has 0 aromatic heterocycles. The number of aryl methyl sites for hydroxylation is 1. The molecule has 0 aliphatic carbocycles. The van der Waals surface area contributed by atoms with E-state index in [1.807, 2.05) is 31.2 Å². The summed E-state index contributed by atoms with van der Waals surface area (Å²) in [7, 11) is 0. The molecule has 1 heterocycles. The monoisotopic (exact) mass is 247 g/mol. The molecule has 5 heteroatoms. The van der Waals surface area contributed by atoms with Gasteiger partial charge in [-0.2, -0.15) is 0 Å². The van der Waals surface area contributed by atoms with Gasteiger partial charge in [-0.1, -0.05) is 29.8 Å². The standard InChI is InChI=1S/C13H13NO4/c1-8-3-2-4-9(5-8)10-6-11(12(15)16)14(7-10)13(17)18/h2-6,11H,7H2,1H3,(H,15,16)(H,17,18). The molecule has 0 saturated heterocycles. The SMILES string of the molecule is Cc1cccc(C2=CC(C(=O)O)N(C(=O)O)C2)c1. The minimum absolute atomic E-state index is 0.107. The first-order valence-corrected chi connectivity index (χ1v) is 5.49. The maximum atomic E-state index is 11.0. The minimum Gasteiger partial charge on any atom is -0.479 e. The number of rotatable bonds is 2. The first-order valence-electron chi connectivity index (χ1n) is 5.49. The van der Waals surface area contributed by atoms with Crippen LogP contribution in [0.5, 0.6) is 0 Å². The summed E-state index contributed by atoms with van der Waals surface area (Å²) in [6, 6.07) is 6.46. The maximum Gasteiger partial charge on any atom is 0.408 e. The highest BCUT2D eigenvalue weighted by atomic mass is 16.4. The van der Waals surface area contributed by atoms with Gasteiger partial charge in [-0.05, 0) is 24.1 Å². The second kappa shape index (κ2) is 4.52. The van der Waals surface area contributed by atoms with Gasteiger partial charge in [0, 0.05) is 0 Å². The lowest BCUT2D eigenvalue weighted by atomic mass is 10.0. The van der Waals surface area contributed by atoms with E-state index in [0.29, 0.717) is 0 Å². The lowest BCUT2D eigenvalue weighted by Crippen LogP contribution is -2.40. The van der Waals surface area contributed by atoms with E-state index in [-0.39, 0.29) is 6.54 Å². The topological polar surface area (TPSA) is 77.8 Å². The Hall–Kier alpha value is -2.30. The molecule has 1 aliphatic heterocycles. The largest absolute Gasteiger partial charge is 0.479 e. The van der Waals surface area contributed by atoms with E-state index >= 15 is 0 Å². The molecular formula is C13H13NO4. The van der Waals surface area contributed by atoms with Crippen LogP contribution in [-0.2, 0) is 4.79 Å². The van der Waals surface area contributed by atoms with Gasteiger partial charge in [-0.3, -0.25) is 4.90 Å². The van der Waals surface area contributed by atoms with Gasteiger partial charge < -0.3 is 10.2 Å². The summed E-state index contributed by atoms with van der Waals surface area (Å²) in [5.41, 5.74) is 2.65. The third-order valence-electron chi connectivity index (χ3n) is 2.92. The molecule has 1 aromatic rings. The summed E-state index contributed by atoms with van der Waals surface area (Å²) in [6.45, 7) is 2.04. The van der Waals surface area contributed by atoms with Gasteiger partial charge in [0.15, 0.2) is 6.04 Å². The average Bonchev–Trinajstić information content (AvgIpc) is 2.73. The normalized spacial score (nSPS) is 18.6. The van der Waals surface area contributed by atoms with Crippen LogP contribution in [0.4, 0.5) is 4.79 Å². The van der Waals surface area contributed by atoms with Crippen LogP contribution in [-0.4, -0.2) is 39.8 Å². The Balaban J connectivity index is 2.34. The Kier molecular flexibility index (Phi) is 3.06. The number of hydrogen-bond acceptors (Lipinski definition) is 2. The number of hydrogen-bond donors (Lipinski definition) is 2. The summed E-state index contributed by atoms with van der Waals surface area (Å²) in [6.07, 6.45) is 0.270. The maximum absolute atomic E-state index is 11.0. The first-order chi connectivity index (χ1) is 8.49. The van der Waals surface area contributed by atoms with Gasteiger partial charge >= 0.3 is 12.1 Å². The smallest absolute Gasteiger partial charge is 0.408 e. The van der Waals surface area contributed by atoms with Crippen LogP contribution >= 0.6 is 0 Å². The molecule has 0 radical (unpaired) electrons. The Morgan fingerprint density at radius 2 is 2.06 bits per heavy atom. The fraction of sp³-hybridized carbons (Fsp3) is 0.231. The van der Waals surface area contributed by atoms with E-state index in [1.165, 1.54) is 6.08 Å². The molecule has 5 nitrogen and oxygen atoms in total. The molecular weight excluding hydrogens is 234 g/mol. The zero-order valence-corrected chi connectivity index (χ0v) is 9.83. The molecule has 0 bridgehead atoms.